The highest BCUT2D eigenvalue weighted by Gasteiger charge is 2.57. The molecule has 1 aromatic heterocycles. The number of aromatic nitrogens is 1. The summed E-state index contributed by atoms with van der Waals surface area (Å²) in [6, 6.07) is 19.8. The average molecular weight is 389 g/mol. The second kappa shape index (κ2) is 6.72. The van der Waals surface area contributed by atoms with Gasteiger partial charge < -0.3 is 9.72 Å². The van der Waals surface area contributed by atoms with Crippen LogP contribution in [0.25, 0.3) is 10.9 Å². The maximum atomic E-state index is 6.70. The molecule has 0 radical (unpaired) electrons. The van der Waals surface area contributed by atoms with E-state index in [2.05, 4.69) is 92.4 Å². The number of aromatic amines is 1. The molecule has 2 aromatic carbocycles. The van der Waals surface area contributed by atoms with Crippen molar-refractivity contribution in [1.29, 1.82) is 0 Å². The van der Waals surface area contributed by atoms with Crippen LogP contribution < -0.4 is 0 Å². The molecule has 4 unspecified atom stereocenters. The molecular formula is C26H32N2O. The van der Waals surface area contributed by atoms with E-state index in [-0.39, 0.29) is 11.1 Å². The van der Waals surface area contributed by atoms with E-state index in [1.807, 2.05) is 0 Å². The Balaban J connectivity index is 1.63. The van der Waals surface area contributed by atoms with E-state index in [0.29, 0.717) is 11.8 Å². The Morgan fingerprint density at radius 1 is 0.931 bits per heavy atom. The summed E-state index contributed by atoms with van der Waals surface area (Å²) in [6.07, 6.45) is 3.12. The molecule has 5 rings (SSSR count). The Morgan fingerprint density at radius 3 is 2.41 bits per heavy atom. The number of para-hydroxylation sites is 1. The van der Waals surface area contributed by atoms with Gasteiger partial charge in [0.05, 0.1) is 12.3 Å². The molecule has 0 amide bonds. The van der Waals surface area contributed by atoms with Crippen LogP contribution in [0.2, 0.25) is 0 Å². The summed E-state index contributed by atoms with van der Waals surface area (Å²) < 4.78 is 6.70. The fourth-order valence-corrected chi connectivity index (χ4v) is 6.46. The highest BCUT2D eigenvalue weighted by Crippen LogP contribution is 2.57. The quantitative estimate of drug-likeness (QED) is 0.631. The molecule has 0 saturated heterocycles. The van der Waals surface area contributed by atoms with Crippen LogP contribution in [0.1, 0.15) is 43.5 Å². The number of ether oxygens (including phenoxy) is 1. The molecule has 152 valence electrons. The summed E-state index contributed by atoms with van der Waals surface area (Å²) in [5.41, 5.74) is 5.29. The van der Waals surface area contributed by atoms with Crippen LogP contribution >= 0.6 is 0 Å². The first-order valence-electron chi connectivity index (χ1n) is 11.0. The summed E-state index contributed by atoms with van der Waals surface area (Å²) in [6.45, 7) is 5.65. The van der Waals surface area contributed by atoms with Crippen molar-refractivity contribution in [3.05, 3.63) is 71.4 Å². The molecule has 1 aliphatic carbocycles. The lowest BCUT2D eigenvalue weighted by molar-refractivity contribution is -0.172. The highest BCUT2D eigenvalue weighted by molar-refractivity contribution is 5.85. The number of H-pyrrole nitrogens is 1. The number of nitrogens with zero attached hydrogens (tertiary/aromatic N) is 1. The maximum absolute atomic E-state index is 6.70. The second-order valence-electron chi connectivity index (χ2n) is 9.27. The molecule has 4 atom stereocenters. The van der Waals surface area contributed by atoms with Crippen LogP contribution in [0.3, 0.4) is 0 Å². The van der Waals surface area contributed by atoms with Crippen LogP contribution in [0.15, 0.2) is 54.6 Å². The molecule has 29 heavy (non-hydrogen) atoms. The molecule has 2 heterocycles. The van der Waals surface area contributed by atoms with E-state index < -0.39 is 0 Å². The summed E-state index contributed by atoms with van der Waals surface area (Å²) in [4.78, 5) is 6.24. The molecule has 1 fully saturated rings. The van der Waals surface area contributed by atoms with Gasteiger partial charge in [0.15, 0.2) is 0 Å². The Labute approximate surface area is 174 Å². The number of fused-ring (bicyclic) bond motifs is 4. The van der Waals surface area contributed by atoms with Crippen LogP contribution in [0.5, 0.6) is 0 Å². The summed E-state index contributed by atoms with van der Waals surface area (Å²) >= 11 is 0. The van der Waals surface area contributed by atoms with Crippen molar-refractivity contribution in [3.8, 4) is 0 Å². The smallest absolute Gasteiger partial charge is 0.111 e. The number of nitrogens with one attached hydrogen (secondary N) is 1. The van der Waals surface area contributed by atoms with Crippen molar-refractivity contribution in [2.45, 2.75) is 44.2 Å². The van der Waals surface area contributed by atoms with Gasteiger partial charge in [-0.2, -0.15) is 0 Å². The fourth-order valence-electron chi connectivity index (χ4n) is 6.46. The van der Waals surface area contributed by atoms with E-state index in [9.17, 15) is 0 Å². The highest BCUT2D eigenvalue weighted by atomic mass is 16.5. The topological polar surface area (TPSA) is 28.3 Å². The van der Waals surface area contributed by atoms with Crippen molar-refractivity contribution in [1.82, 2.24) is 9.88 Å². The van der Waals surface area contributed by atoms with E-state index >= 15 is 0 Å². The summed E-state index contributed by atoms with van der Waals surface area (Å²) in [5.74, 6) is 0.844. The van der Waals surface area contributed by atoms with Gasteiger partial charge in [-0.25, -0.2) is 0 Å². The Kier molecular flexibility index (Phi) is 4.38. The van der Waals surface area contributed by atoms with Crippen molar-refractivity contribution in [2.24, 2.45) is 11.8 Å². The van der Waals surface area contributed by atoms with Crippen molar-refractivity contribution in [2.75, 3.05) is 20.7 Å². The number of hydrogen-bond donors (Lipinski definition) is 1. The normalized spacial score (nSPS) is 32.0. The minimum Gasteiger partial charge on any atom is -0.368 e. The lowest BCUT2D eigenvalue weighted by atomic mass is 9.57. The first-order chi connectivity index (χ1) is 14.0. The van der Waals surface area contributed by atoms with Crippen LogP contribution in [0.4, 0.5) is 0 Å². The lowest BCUT2D eigenvalue weighted by Gasteiger charge is -2.58. The van der Waals surface area contributed by atoms with Crippen molar-refractivity contribution >= 4 is 10.9 Å². The molecule has 3 aromatic rings. The van der Waals surface area contributed by atoms with Gasteiger partial charge in [0, 0.05) is 16.4 Å². The Morgan fingerprint density at radius 2 is 1.66 bits per heavy atom. The molecule has 2 aliphatic rings. The predicted molar refractivity (Wildman–Crippen MR) is 119 cm³/mol. The number of hydrogen-bond acceptors (Lipinski definition) is 2. The number of benzene rings is 2. The minimum atomic E-state index is -0.222. The monoisotopic (exact) mass is 388 g/mol. The van der Waals surface area contributed by atoms with Gasteiger partial charge in [-0.15, -0.1) is 0 Å². The van der Waals surface area contributed by atoms with E-state index in [1.54, 1.807) is 0 Å². The zero-order valence-electron chi connectivity index (χ0n) is 18.0. The van der Waals surface area contributed by atoms with Gasteiger partial charge in [0.25, 0.3) is 0 Å². The lowest BCUT2D eigenvalue weighted by Crippen LogP contribution is -2.59. The van der Waals surface area contributed by atoms with Gasteiger partial charge in [0.2, 0.25) is 0 Å². The zero-order valence-corrected chi connectivity index (χ0v) is 18.0. The third kappa shape index (κ3) is 2.50. The molecule has 1 saturated carbocycles. The summed E-state index contributed by atoms with van der Waals surface area (Å²) in [5, 5.41) is 1.37. The molecule has 3 heteroatoms. The van der Waals surface area contributed by atoms with E-state index in [4.69, 9.17) is 4.74 Å². The minimum absolute atomic E-state index is 0.0267. The third-order valence-corrected chi connectivity index (χ3v) is 8.14. The second-order valence-corrected chi connectivity index (χ2v) is 9.27. The average Bonchev–Trinajstić information content (AvgIpc) is 3.13. The van der Waals surface area contributed by atoms with Gasteiger partial charge in [-0.1, -0.05) is 62.4 Å². The van der Waals surface area contributed by atoms with Crippen molar-refractivity contribution < 1.29 is 4.74 Å². The van der Waals surface area contributed by atoms with E-state index in [1.165, 1.54) is 27.7 Å². The van der Waals surface area contributed by atoms with Gasteiger partial charge in [-0.3, -0.25) is 4.90 Å². The summed E-state index contributed by atoms with van der Waals surface area (Å²) in [7, 11) is 4.48. The SMILES string of the molecule is CC1C(C)C(c2ccccc2)(N(C)C)CCC12OCCc1c2[nH]c2ccccc12. The Hall–Kier alpha value is -2.10. The van der Waals surface area contributed by atoms with Crippen LogP contribution in [-0.4, -0.2) is 30.6 Å². The molecule has 3 nitrogen and oxygen atoms in total. The third-order valence-electron chi connectivity index (χ3n) is 8.14. The van der Waals surface area contributed by atoms with E-state index in [0.717, 1.165) is 25.9 Å². The van der Waals surface area contributed by atoms with Gasteiger partial charge in [0.1, 0.15) is 5.60 Å². The molecule has 0 bridgehead atoms. The number of rotatable bonds is 2. The van der Waals surface area contributed by atoms with Gasteiger partial charge >= 0.3 is 0 Å². The maximum Gasteiger partial charge on any atom is 0.111 e. The molecule has 1 N–H and O–H groups in total. The van der Waals surface area contributed by atoms with Crippen LogP contribution in [0, 0.1) is 11.8 Å². The first kappa shape index (κ1) is 18.9. The standard InChI is InChI=1S/C26H32N2O/c1-18-19(2)26(16-15-25(18,28(3)4)20-10-6-5-7-11-20)24-22(14-17-29-26)21-12-8-9-13-23(21)27-24/h5-13,18-19,27H,14-17H2,1-4H3. The molecule has 1 spiro atoms. The predicted octanol–water partition coefficient (Wildman–Crippen LogP) is 5.46. The largest absolute Gasteiger partial charge is 0.368 e. The first-order valence-corrected chi connectivity index (χ1v) is 11.0. The van der Waals surface area contributed by atoms with Gasteiger partial charge in [-0.05, 0) is 62.4 Å². The molecular weight excluding hydrogens is 356 g/mol. The Bertz CT molecular complexity index is 1020. The van der Waals surface area contributed by atoms with Crippen molar-refractivity contribution in [3.63, 3.8) is 0 Å². The fraction of sp³-hybridized carbons (Fsp3) is 0.462. The van der Waals surface area contributed by atoms with Crippen LogP contribution in [-0.2, 0) is 22.3 Å². The molecule has 1 aliphatic heterocycles. The zero-order chi connectivity index (χ0) is 20.2.